The third-order valence-electron chi connectivity index (χ3n) is 14.8. The molecule has 11 aromatic rings. The fraction of sp³-hybridized carbons (Fsp3) is 0.270. The van der Waals surface area contributed by atoms with Crippen LogP contribution in [0.2, 0.25) is 0 Å². The van der Waals surface area contributed by atoms with Gasteiger partial charge in [0.25, 0.3) is 6.33 Å². The maximum atomic E-state index is 10.4. The molecule has 0 N–H and O–H groups in total. The summed E-state index contributed by atoms with van der Waals surface area (Å²) in [6.07, 6.45) is -4.13. The Kier molecular flexibility index (Phi) is 7.19. The van der Waals surface area contributed by atoms with Gasteiger partial charge in [0, 0.05) is 66.2 Å². The number of para-hydroxylation sites is 1. The summed E-state index contributed by atoms with van der Waals surface area (Å²) in [5.74, 6) is 0.845. The number of benzene rings is 8. The van der Waals surface area contributed by atoms with Crippen LogP contribution in [0, 0.1) is 18.5 Å². The average molecular weight is 1250 g/mol. The monoisotopic (exact) mass is 1250 g/mol. The molecule has 0 saturated carbocycles. The molecule has 3 aromatic heterocycles. The van der Waals surface area contributed by atoms with Crippen molar-refractivity contribution >= 4 is 32.8 Å². The number of fused-ring (bicyclic) bond motifs is 11. The van der Waals surface area contributed by atoms with Crippen molar-refractivity contribution in [1.29, 1.82) is 0 Å². The third-order valence-corrected chi connectivity index (χ3v) is 14.8. The Morgan fingerprint density at radius 1 is 0.600 bits per heavy atom. The quantitative estimate of drug-likeness (QED) is 0.127. The van der Waals surface area contributed by atoms with Gasteiger partial charge in [-0.25, -0.2) is 4.98 Å². The summed E-state index contributed by atoms with van der Waals surface area (Å²) in [6, 6.07) is 22.0. The van der Waals surface area contributed by atoms with E-state index in [0.717, 1.165) is 27.9 Å². The normalized spacial score (nSPS) is 21.3. The van der Waals surface area contributed by atoms with E-state index in [1.54, 1.807) is 36.5 Å². The van der Waals surface area contributed by atoms with Gasteiger partial charge in [-0.2, -0.15) is 18.2 Å². The fourth-order valence-corrected chi connectivity index (χ4v) is 10.7. The van der Waals surface area contributed by atoms with E-state index >= 15 is 0 Å². The number of nitrogens with zero attached hydrogens (tertiary/aromatic N) is 4. The summed E-state index contributed by atoms with van der Waals surface area (Å²) in [5, 5.41) is 1.71. The summed E-state index contributed by atoms with van der Waals surface area (Å²) < 4.78 is 266. The molecule has 0 bridgehead atoms. The summed E-state index contributed by atoms with van der Waals surface area (Å²) in [7, 11) is 0. The minimum Gasteiger partial charge on any atom is -0.510 e. The first-order valence-electron chi connectivity index (χ1n) is 39.4. The van der Waals surface area contributed by atoms with Crippen molar-refractivity contribution in [2.75, 3.05) is 0 Å². The van der Waals surface area contributed by atoms with Gasteiger partial charge in [-0.15, -0.1) is 29.7 Å². The van der Waals surface area contributed by atoms with Crippen LogP contribution in [-0.2, 0) is 48.1 Å². The molecule has 0 spiro atoms. The van der Waals surface area contributed by atoms with E-state index in [-0.39, 0.29) is 77.1 Å². The molecule has 404 valence electrons. The molecule has 0 amide bonds. The number of hydrogen-bond acceptors (Lipinski definition) is 2. The third kappa shape index (κ3) is 8.87. The van der Waals surface area contributed by atoms with Crippen LogP contribution in [0.5, 0.6) is 11.5 Å². The van der Waals surface area contributed by atoms with Gasteiger partial charge in [0.2, 0.25) is 0 Å². The Morgan fingerprint density at radius 2 is 1.26 bits per heavy atom. The molecule has 2 aliphatic rings. The van der Waals surface area contributed by atoms with Gasteiger partial charge in [-0.05, 0) is 147 Å². The minimum absolute atomic E-state index is 0. The van der Waals surface area contributed by atoms with Gasteiger partial charge in [0.15, 0.2) is 0 Å². The molecule has 0 unspecified atom stereocenters. The zero-order valence-electron chi connectivity index (χ0n) is 72.3. The average Bonchev–Trinajstić information content (AvgIpc) is 1.10. The van der Waals surface area contributed by atoms with Gasteiger partial charge < -0.3 is 13.9 Å². The van der Waals surface area contributed by atoms with Crippen LogP contribution in [0.15, 0.2) is 164 Å². The van der Waals surface area contributed by atoms with Crippen molar-refractivity contribution in [3.05, 3.63) is 210 Å². The molecule has 0 radical (unpaired) electrons. The predicted octanol–water partition coefficient (Wildman–Crippen LogP) is 18.8. The largest absolute Gasteiger partial charge is 0.510 e. The number of ether oxygens (including phenoxy) is 1. The predicted molar refractivity (Wildman–Crippen MR) is 327 cm³/mol. The molecule has 13 rings (SSSR count). The van der Waals surface area contributed by atoms with Crippen molar-refractivity contribution in [1.82, 2.24) is 14.1 Å². The maximum Gasteiger partial charge on any atom is 0.268 e. The Bertz CT molecular complexity index is 5600. The van der Waals surface area contributed by atoms with Gasteiger partial charge in [0.05, 0.1) is 31.8 Å². The molecule has 1 aliphatic heterocycles. The van der Waals surface area contributed by atoms with Gasteiger partial charge in [-0.3, -0.25) is 4.57 Å². The number of imidazole rings is 1. The molecule has 1 aliphatic carbocycles. The summed E-state index contributed by atoms with van der Waals surface area (Å²) >= 11 is 0. The number of aromatic nitrogens is 4. The minimum atomic E-state index is -4.68. The van der Waals surface area contributed by atoms with Gasteiger partial charge in [0.1, 0.15) is 5.82 Å². The first-order chi connectivity index (χ1) is 48.7. The first-order valence-corrected chi connectivity index (χ1v) is 25.9. The summed E-state index contributed by atoms with van der Waals surface area (Å²) in [5.41, 5.74) is -14.2. The van der Waals surface area contributed by atoms with Crippen LogP contribution in [0.25, 0.3) is 94.5 Å². The van der Waals surface area contributed by atoms with Crippen molar-refractivity contribution in [3.63, 3.8) is 0 Å². The van der Waals surface area contributed by atoms with E-state index in [1.165, 1.54) is 15.2 Å². The Hall–Kier alpha value is -7.33. The fourth-order valence-electron chi connectivity index (χ4n) is 10.7. The Labute approximate surface area is 525 Å². The van der Waals surface area contributed by atoms with E-state index in [1.807, 2.05) is 94.6 Å². The van der Waals surface area contributed by atoms with E-state index in [9.17, 15) is 20.6 Å². The Balaban J connectivity index is 0.0000107. The van der Waals surface area contributed by atoms with Crippen LogP contribution in [-0.4, -0.2) is 14.1 Å². The Morgan fingerprint density at radius 3 is 1.95 bits per heavy atom. The van der Waals surface area contributed by atoms with E-state index < -0.39 is 167 Å². The zero-order chi connectivity index (χ0) is 78.3. The number of hydrogen-bond donors (Lipinski definition) is 0. The van der Waals surface area contributed by atoms with E-state index in [4.69, 9.17) is 26.2 Å². The molecule has 4 heterocycles. The molecule has 6 heteroatoms. The van der Waals surface area contributed by atoms with Crippen LogP contribution in [0.3, 0.4) is 0 Å². The molecular weight excluding hydrogens is 1160 g/mol. The van der Waals surface area contributed by atoms with Crippen LogP contribution in [0.4, 0.5) is 0 Å². The number of rotatable bonds is 5. The second kappa shape index (κ2) is 18.9. The molecule has 8 aromatic carbocycles. The van der Waals surface area contributed by atoms with E-state index in [2.05, 4.69) is 39.2 Å². The maximum absolute atomic E-state index is 10.4. The molecule has 0 fully saturated rings. The van der Waals surface area contributed by atoms with Gasteiger partial charge >= 0.3 is 0 Å². The first kappa shape index (κ1) is 30.5. The smallest absolute Gasteiger partial charge is 0.268 e. The second-order valence-corrected chi connectivity index (χ2v) is 23.4. The van der Waals surface area contributed by atoms with Crippen molar-refractivity contribution in [2.45, 2.75) is 130 Å². The number of pyridine rings is 1. The van der Waals surface area contributed by atoms with Crippen LogP contribution < -0.4 is 9.30 Å². The molecule has 0 saturated heterocycles. The van der Waals surface area contributed by atoms with Gasteiger partial charge in [-0.1, -0.05) is 198 Å². The van der Waals surface area contributed by atoms with Crippen molar-refractivity contribution < 1.29 is 67.4 Å². The van der Waals surface area contributed by atoms with Crippen molar-refractivity contribution in [3.8, 4) is 73.2 Å². The summed E-state index contributed by atoms with van der Waals surface area (Å²) in [6.45, 7) is 0.164. The molecule has 0 atom stereocenters. The summed E-state index contributed by atoms with van der Waals surface area (Å²) in [4.78, 5) is 4.81. The standard InChI is InChI=1S/C74H70N4O.Pt/c1-70(2,3)48-33-36-75-67(42-48)78-64-28-19-18-27-57(64)58-31-30-52(44-65(58)78)79-51-22-20-21-50(43-51)76-45-77-68-60(40-49(71(4,5)6)41-63(68)72(7,8)9)56-26-17-15-24-54(56)53-23-14-16-25-55(53)59-37-47(39-66(76)69(59)77)46-29-32-61-62(38-46)74(12,13)35-34-73(61,10)11;/h14-33,36-42H,34-35H2,1-13H3;/q-2;/i10D3,11D3,12D3,13D3,14D,15D,16D,17D,23D,24D,25D,26D,29D,32D,34D2,35D2,38D;. The van der Waals surface area contributed by atoms with Crippen molar-refractivity contribution in [2.24, 2.45) is 0 Å². The molecular formula is C74H70N4OPt-2. The second-order valence-electron chi connectivity index (χ2n) is 23.4. The van der Waals surface area contributed by atoms with Crippen LogP contribution >= 0.6 is 0 Å². The molecule has 5 nitrogen and oxygen atoms in total. The zero-order valence-corrected chi connectivity index (χ0v) is 47.5. The SMILES string of the molecule is [2H]c1c([2H])c([2H])c2c(c1[2H])-c1cc(C(C)(C)C)cc(C(C)(C)C)c1-[n+]1[c-]n(-c3[c-]c(Oc4[c-]c5c(cc4)c4ccccc4n5-c4cc(C(C)(C)C)ccn4)ccc3)c3cc(-c4c([2H])c([2H])c5c(c4[2H])C(C([2H])([2H])[2H])(C([2H])([2H])[2H])C([2H])([2H])C([2H])([2H])C5(C([2H])([2H])[2H])C([2H])([2H])[2H])cc(c31)-c1c([2H])c([2H])c([2H])c([2H])c1-2.[Pt]. The molecule has 80 heavy (non-hydrogen) atoms. The topological polar surface area (TPSA) is 35.9 Å². The van der Waals surface area contributed by atoms with Crippen LogP contribution in [0.1, 0.15) is 167 Å². The van der Waals surface area contributed by atoms with E-state index in [0.29, 0.717) is 22.5 Å².